The fourth-order valence-corrected chi connectivity index (χ4v) is 1.56. The maximum atomic E-state index is 10.6. The molecule has 0 aromatic rings. The number of likely N-dealkylation sites (tertiary alicyclic amines) is 1. The maximum Gasteiger partial charge on any atom is 0.129 e. The van der Waals surface area contributed by atoms with Gasteiger partial charge in [-0.15, -0.1) is 0 Å². The molecule has 0 atom stereocenters. The van der Waals surface area contributed by atoms with Gasteiger partial charge in [0.1, 0.15) is 5.78 Å². The van der Waals surface area contributed by atoms with Gasteiger partial charge in [-0.1, -0.05) is 0 Å². The van der Waals surface area contributed by atoms with Crippen LogP contribution in [0.5, 0.6) is 0 Å². The summed E-state index contributed by atoms with van der Waals surface area (Å²) in [6, 6.07) is 0. The summed E-state index contributed by atoms with van der Waals surface area (Å²) in [6.07, 6.45) is 4.51. The average Bonchev–Trinajstić information content (AvgIpc) is 2.39. The molecule has 0 spiro atoms. The van der Waals surface area contributed by atoms with E-state index in [0.29, 0.717) is 5.78 Å². The molecular formula is C9H17NO. The van der Waals surface area contributed by atoms with Crippen LogP contribution in [0.1, 0.15) is 32.6 Å². The Balaban J connectivity index is 1.98. The van der Waals surface area contributed by atoms with E-state index < -0.39 is 0 Å². The van der Waals surface area contributed by atoms with Gasteiger partial charge in [-0.05, 0) is 45.8 Å². The molecule has 0 aliphatic carbocycles. The minimum Gasteiger partial charge on any atom is -0.303 e. The lowest BCUT2D eigenvalue weighted by atomic mass is 10.2. The van der Waals surface area contributed by atoms with Crippen LogP contribution in [0.3, 0.4) is 0 Å². The summed E-state index contributed by atoms with van der Waals surface area (Å²) >= 11 is 0. The molecule has 1 rings (SSSR count). The highest BCUT2D eigenvalue weighted by molar-refractivity contribution is 5.75. The smallest absolute Gasteiger partial charge is 0.129 e. The topological polar surface area (TPSA) is 20.3 Å². The fourth-order valence-electron chi connectivity index (χ4n) is 1.56. The Morgan fingerprint density at radius 2 is 2.00 bits per heavy atom. The third-order valence-electron chi connectivity index (χ3n) is 2.20. The van der Waals surface area contributed by atoms with E-state index in [1.807, 2.05) is 0 Å². The van der Waals surface area contributed by atoms with Gasteiger partial charge in [0.15, 0.2) is 0 Å². The molecule has 64 valence electrons. The minimum absolute atomic E-state index is 0.323. The molecule has 0 aromatic heterocycles. The molecule has 0 amide bonds. The molecule has 0 radical (unpaired) electrons. The summed E-state index contributed by atoms with van der Waals surface area (Å²) in [6.45, 7) is 5.29. The molecule has 1 aliphatic heterocycles. The second-order valence-electron chi connectivity index (χ2n) is 3.35. The van der Waals surface area contributed by atoms with E-state index in [1.54, 1.807) is 6.92 Å². The largest absolute Gasteiger partial charge is 0.303 e. The molecule has 1 aliphatic rings. The molecule has 0 unspecified atom stereocenters. The molecule has 0 aromatic carbocycles. The summed E-state index contributed by atoms with van der Waals surface area (Å²) in [5, 5.41) is 0. The van der Waals surface area contributed by atoms with Crippen molar-refractivity contribution in [2.45, 2.75) is 32.6 Å². The number of Topliss-reactive ketones (excluding diaryl/α,β-unsaturated/α-hetero) is 1. The number of nitrogens with zero attached hydrogens (tertiary/aromatic N) is 1. The summed E-state index contributed by atoms with van der Waals surface area (Å²) in [5.41, 5.74) is 0. The van der Waals surface area contributed by atoms with E-state index >= 15 is 0 Å². The third-order valence-corrected chi connectivity index (χ3v) is 2.20. The Hall–Kier alpha value is -0.370. The molecule has 1 fully saturated rings. The number of hydrogen-bond acceptors (Lipinski definition) is 2. The molecule has 1 saturated heterocycles. The van der Waals surface area contributed by atoms with E-state index in [9.17, 15) is 4.79 Å². The Morgan fingerprint density at radius 3 is 2.55 bits per heavy atom. The van der Waals surface area contributed by atoms with Crippen LogP contribution in [-0.4, -0.2) is 30.3 Å². The van der Waals surface area contributed by atoms with E-state index in [-0.39, 0.29) is 0 Å². The van der Waals surface area contributed by atoms with Gasteiger partial charge in [-0.3, -0.25) is 0 Å². The average molecular weight is 155 g/mol. The third kappa shape index (κ3) is 3.51. The van der Waals surface area contributed by atoms with E-state index in [2.05, 4.69) is 4.90 Å². The first-order chi connectivity index (χ1) is 5.29. The Morgan fingerprint density at radius 1 is 1.36 bits per heavy atom. The van der Waals surface area contributed by atoms with E-state index in [0.717, 1.165) is 19.4 Å². The monoisotopic (exact) mass is 155 g/mol. The molecule has 0 saturated carbocycles. The molecule has 11 heavy (non-hydrogen) atoms. The van der Waals surface area contributed by atoms with Crippen molar-refractivity contribution in [1.82, 2.24) is 4.90 Å². The number of ketones is 1. The van der Waals surface area contributed by atoms with Crippen LogP contribution in [0.15, 0.2) is 0 Å². The van der Waals surface area contributed by atoms with Crippen LogP contribution >= 0.6 is 0 Å². The zero-order chi connectivity index (χ0) is 8.10. The number of hydrogen-bond donors (Lipinski definition) is 0. The van der Waals surface area contributed by atoms with Crippen LogP contribution < -0.4 is 0 Å². The van der Waals surface area contributed by atoms with Crippen molar-refractivity contribution in [3.05, 3.63) is 0 Å². The highest BCUT2D eigenvalue weighted by Crippen LogP contribution is 2.08. The Labute approximate surface area is 68.6 Å². The van der Waals surface area contributed by atoms with Crippen molar-refractivity contribution < 1.29 is 4.79 Å². The second kappa shape index (κ2) is 4.50. The lowest BCUT2D eigenvalue weighted by Gasteiger charge is -2.12. The van der Waals surface area contributed by atoms with Crippen molar-refractivity contribution in [3.8, 4) is 0 Å². The first-order valence-electron chi connectivity index (χ1n) is 4.51. The lowest BCUT2D eigenvalue weighted by Crippen LogP contribution is -2.20. The van der Waals surface area contributed by atoms with Crippen LogP contribution in [0.2, 0.25) is 0 Å². The van der Waals surface area contributed by atoms with Gasteiger partial charge in [0.2, 0.25) is 0 Å². The minimum atomic E-state index is 0.323. The Bertz CT molecular complexity index is 128. The van der Waals surface area contributed by atoms with Gasteiger partial charge in [0, 0.05) is 6.42 Å². The van der Waals surface area contributed by atoms with Gasteiger partial charge in [-0.25, -0.2) is 0 Å². The molecule has 2 heteroatoms. The SMILES string of the molecule is CC(=O)CCCN1CCCC1. The van der Waals surface area contributed by atoms with Crippen LogP contribution in [0, 0.1) is 0 Å². The molecule has 0 N–H and O–H groups in total. The standard InChI is InChI=1S/C9H17NO/c1-9(11)5-4-8-10-6-2-3-7-10/h2-8H2,1H3. The highest BCUT2D eigenvalue weighted by Gasteiger charge is 2.10. The lowest BCUT2D eigenvalue weighted by molar-refractivity contribution is -0.117. The van der Waals surface area contributed by atoms with Crippen molar-refractivity contribution in [2.75, 3.05) is 19.6 Å². The number of carbonyl (C=O) groups excluding carboxylic acids is 1. The normalized spacial score (nSPS) is 19.0. The Kier molecular flexibility index (Phi) is 3.57. The molecule has 2 nitrogen and oxygen atoms in total. The summed E-state index contributed by atoms with van der Waals surface area (Å²) in [7, 11) is 0. The molecule has 1 heterocycles. The molecule has 0 bridgehead atoms. The maximum absolute atomic E-state index is 10.6. The summed E-state index contributed by atoms with van der Waals surface area (Å²) < 4.78 is 0. The zero-order valence-electron chi connectivity index (χ0n) is 7.31. The van der Waals surface area contributed by atoms with Gasteiger partial charge >= 0.3 is 0 Å². The highest BCUT2D eigenvalue weighted by atomic mass is 16.1. The van der Waals surface area contributed by atoms with Gasteiger partial charge in [0.05, 0.1) is 0 Å². The predicted molar refractivity (Wildman–Crippen MR) is 45.6 cm³/mol. The van der Waals surface area contributed by atoms with Crippen molar-refractivity contribution in [3.63, 3.8) is 0 Å². The van der Waals surface area contributed by atoms with E-state index in [1.165, 1.54) is 25.9 Å². The van der Waals surface area contributed by atoms with Gasteiger partial charge in [-0.2, -0.15) is 0 Å². The van der Waals surface area contributed by atoms with Crippen LogP contribution in [-0.2, 0) is 4.79 Å². The second-order valence-corrected chi connectivity index (χ2v) is 3.35. The fraction of sp³-hybridized carbons (Fsp3) is 0.889. The predicted octanol–water partition coefficient (Wildman–Crippen LogP) is 1.45. The van der Waals surface area contributed by atoms with Crippen molar-refractivity contribution in [1.29, 1.82) is 0 Å². The van der Waals surface area contributed by atoms with Crippen molar-refractivity contribution >= 4 is 5.78 Å². The summed E-state index contributed by atoms with van der Waals surface area (Å²) in [4.78, 5) is 13.0. The number of carbonyl (C=O) groups is 1. The van der Waals surface area contributed by atoms with Gasteiger partial charge in [0.25, 0.3) is 0 Å². The first kappa shape index (κ1) is 8.72. The van der Waals surface area contributed by atoms with E-state index in [4.69, 9.17) is 0 Å². The van der Waals surface area contributed by atoms with Crippen LogP contribution in [0.4, 0.5) is 0 Å². The van der Waals surface area contributed by atoms with Crippen molar-refractivity contribution in [2.24, 2.45) is 0 Å². The first-order valence-corrected chi connectivity index (χ1v) is 4.51. The zero-order valence-corrected chi connectivity index (χ0v) is 7.31. The van der Waals surface area contributed by atoms with Gasteiger partial charge < -0.3 is 9.69 Å². The van der Waals surface area contributed by atoms with Crippen LogP contribution in [0.25, 0.3) is 0 Å². The summed E-state index contributed by atoms with van der Waals surface area (Å²) in [5.74, 6) is 0.323. The molecular weight excluding hydrogens is 138 g/mol. The number of rotatable bonds is 4. The quantitative estimate of drug-likeness (QED) is 0.612.